The van der Waals surface area contributed by atoms with Crippen molar-refractivity contribution in [2.24, 2.45) is 11.8 Å². The second-order valence-corrected chi connectivity index (χ2v) is 50.0. The van der Waals surface area contributed by atoms with Crippen molar-refractivity contribution in [3.8, 4) is 6.01 Å². The smallest absolute Gasteiger partial charge is 0.408 e. The highest BCUT2D eigenvalue weighted by molar-refractivity contribution is 7.88. The lowest BCUT2D eigenvalue weighted by molar-refractivity contribution is -0.141. The molecule has 0 spiro atoms. The van der Waals surface area contributed by atoms with Crippen LogP contribution < -0.4 is 35.4 Å². The van der Waals surface area contributed by atoms with E-state index in [1.165, 1.54) is 38.0 Å². The lowest BCUT2D eigenvalue weighted by Gasteiger charge is -2.30. The summed E-state index contributed by atoms with van der Waals surface area (Å²) in [4.78, 5) is 120. The monoisotopic (exact) mass is 1670 g/mol. The molecule has 7 N–H and O–H groups in total. The number of benzene rings is 2. The van der Waals surface area contributed by atoms with Crippen LogP contribution in [0.25, 0.3) is 22.1 Å². The van der Waals surface area contributed by atoms with Crippen LogP contribution in [0, 0.1) is 11.8 Å². The summed E-state index contributed by atoms with van der Waals surface area (Å²) in [6.07, 6.45) is 10.9. The summed E-state index contributed by atoms with van der Waals surface area (Å²) < 4.78 is 88.9. The first-order chi connectivity index (χ1) is 52.7. The molecule has 0 radical (unpaired) electrons. The number of hydrogen-bond donors (Lipinski definition) is 7. The lowest BCUT2D eigenvalue weighted by atomic mass is 10.0. The van der Waals surface area contributed by atoms with E-state index in [2.05, 4.69) is 70.3 Å². The molecule has 10 atom stereocenters. The van der Waals surface area contributed by atoms with E-state index in [9.17, 15) is 60.3 Å². The van der Waals surface area contributed by atoms with Crippen LogP contribution in [0.4, 0.5) is 9.59 Å². The van der Waals surface area contributed by atoms with Crippen molar-refractivity contribution in [1.82, 2.24) is 68.2 Å². The molecule has 0 bridgehead atoms. The molecule has 113 heavy (non-hydrogen) atoms. The van der Waals surface area contributed by atoms with Crippen molar-refractivity contribution in [1.29, 1.82) is 0 Å². The minimum Gasteiger partial charge on any atom is -0.459 e. The second-order valence-electron chi connectivity index (χ2n) is 34.7. The number of nitrogens with zero attached hydrogens (tertiary/aromatic N) is 8. The Morgan fingerprint density at radius 3 is 1.46 bits per heavy atom. The van der Waals surface area contributed by atoms with E-state index >= 15 is 0 Å². The first-order valence-electron chi connectivity index (χ1n) is 38.8. The quantitative estimate of drug-likeness (QED) is 0.0250. The number of nitrogens with one attached hydrogen (secondary N) is 6. The Morgan fingerprint density at radius 1 is 0.602 bits per heavy atom. The number of aliphatic hydroxyl groups is 1. The molecule has 37 heteroatoms. The molecular weight excluding hydrogens is 1550 g/mol. The predicted octanol–water partition coefficient (Wildman–Crippen LogP) is 8.07. The molecule has 4 aromatic rings. The van der Waals surface area contributed by atoms with Gasteiger partial charge in [0.15, 0.2) is 0 Å². The zero-order valence-corrected chi connectivity index (χ0v) is 72.7. The molecule has 4 fully saturated rings. The van der Waals surface area contributed by atoms with Gasteiger partial charge in [-0.25, -0.2) is 24.0 Å². The van der Waals surface area contributed by atoms with Crippen molar-refractivity contribution >= 4 is 118 Å². The maximum Gasteiger partial charge on any atom is 0.408 e. The fourth-order valence-corrected chi connectivity index (χ4v) is 16.4. The molecule has 628 valence electrons. The van der Waals surface area contributed by atoms with Crippen LogP contribution in [0.5, 0.6) is 6.01 Å². The number of rotatable bonds is 20. The number of carbonyl (C=O) groups excluding carboxylic acids is 8. The third-order valence-corrected chi connectivity index (χ3v) is 26.5. The van der Waals surface area contributed by atoms with Gasteiger partial charge in [0.05, 0.1) is 34.7 Å². The average molecular weight is 1670 g/mol. The first kappa shape index (κ1) is 91.0. The van der Waals surface area contributed by atoms with Crippen LogP contribution in [-0.2, 0) is 81.6 Å². The van der Waals surface area contributed by atoms with Gasteiger partial charge in [0, 0.05) is 88.8 Å². The number of imidazole rings is 2. The molecule has 2 aromatic heterocycles. The number of carbonyl (C=O) groups is 8. The van der Waals surface area contributed by atoms with Crippen LogP contribution in [0.1, 0.15) is 131 Å². The Hall–Kier alpha value is -7.56. The van der Waals surface area contributed by atoms with Crippen molar-refractivity contribution in [2.75, 3.05) is 54.5 Å². The molecule has 2 aliphatic carbocycles. The van der Waals surface area contributed by atoms with Gasteiger partial charge in [0.1, 0.15) is 66.0 Å². The minimum absolute atomic E-state index is 0.0271. The highest BCUT2D eigenvalue weighted by Crippen LogP contribution is 2.47. The van der Waals surface area contributed by atoms with Gasteiger partial charge in [-0.15, -0.1) is 0 Å². The van der Waals surface area contributed by atoms with Gasteiger partial charge in [-0.1, -0.05) is 114 Å². The molecule has 2 saturated carbocycles. The second kappa shape index (κ2) is 38.0. The molecule has 6 heterocycles. The van der Waals surface area contributed by atoms with Gasteiger partial charge in [-0.05, 0) is 141 Å². The minimum atomic E-state index is -4.17. The number of allylic oxidation sites excluding steroid dienone is 2. The summed E-state index contributed by atoms with van der Waals surface area (Å²) in [6, 6.07) is 13.6. The van der Waals surface area contributed by atoms with E-state index in [1.807, 2.05) is 80.6 Å². The molecular formula is C76H119ClN14O18S2Si2. The Bertz CT molecular complexity index is 4350. The molecule has 8 amide bonds. The number of ether oxygens (including phenoxy) is 5. The third kappa shape index (κ3) is 25.7. The summed E-state index contributed by atoms with van der Waals surface area (Å²) >= 11 is 6.12. The zero-order valence-electron chi connectivity index (χ0n) is 68.3. The van der Waals surface area contributed by atoms with Crippen molar-refractivity contribution in [3.05, 3.63) is 78.1 Å². The summed E-state index contributed by atoms with van der Waals surface area (Å²) in [6.45, 7) is 26.0. The number of alkyl carbamates (subject to hydrolysis) is 2. The maximum absolute atomic E-state index is 14.5. The van der Waals surface area contributed by atoms with Gasteiger partial charge in [0.25, 0.3) is 17.8 Å². The number of amides is 8. The molecule has 10 rings (SSSR count). The van der Waals surface area contributed by atoms with E-state index in [-0.39, 0.29) is 51.5 Å². The van der Waals surface area contributed by atoms with E-state index in [1.54, 1.807) is 47.6 Å². The first-order valence-corrected chi connectivity index (χ1v) is 49.5. The van der Waals surface area contributed by atoms with Crippen molar-refractivity contribution < 1.29 is 84.0 Å². The van der Waals surface area contributed by atoms with Crippen molar-refractivity contribution in [2.45, 2.75) is 255 Å². The normalized spacial score (nSPS) is 25.5. The Labute approximate surface area is 671 Å². The van der Waals surface area contributed by atoms with Crippen molar-refractivity contribution in [3.63, 3.8) is 0 Å². The molecule has 32 nitrogen and oxygen atoms in total. The SMILES string of the molecule is CN(C)S(=O)(=O)NC(=O)[C@@]12C[C@H]1/C=C\CCCCC[C@H](NC(=O)OC(C)(C)C)C(=O)N1C[C@H](O)C[C@H]1C(=O)N2.CN(C)S(=O)(=O)NC(=O)[C@@]12C[C@H]1/C=C\CCCCC[C@H](NC(=O)OC(C)(C)C)C(=O)N1C[C@H](Oc3nc4ccccc4n3COCC[Si](C)(C)C)C[C@H]1C(=O)N2.C[Si](C)(C)CCOCn1c(Cl)nc2ccccc21. The molecule has 6 aliphatic rings. The molecule has 2 aromatic carbocycles. The van der Waals surface area contributed by atoms with Gasteiger partial charge in [-0.3, -0.25) is 37.9 Å². The lowest BCUT2D eigenvalue weighted by Crippen LogP contribution is -2.58. The Kier molecular flexibility index (Phi) is 30.6. The highest BCUT2D eigenvalue weighted by atomic mass is 35.5. The van der Waals surface area contributed by atoms with Crippen LogP contribution in [-0.4, -0.2) is 236 Å². The van der Waals surface area contributed by atoms with Crippen LogP contribution in [0.3, 0.4) is 0 Å². The number of fused-ring (bicyclic) bond motifs is 6. The number of hydrogen-bond acceptors (Lipinski definition) is 20. The number of aliphatic hydroxyl groups excluding tert-OH is 1. The number of aromatic nitrogens is 4. The fraction of sp³-hybridized carbons (Fsp3) is 0.658. The van der Waals surface area contributed by atoms with E-state index < -0.39 is 155 Å². The molecule has 2 saturated heterocycles. The molecule has 4 aliphatic heterocycles. The third-order valence-electron chi connectivity index (χ3n) is 20.0. The van der Waals surface area contributed by atoms with E-state index in [4.69, 9.17) is 40.3 Å². The van der Waals surface area contributed by atoms with E-state index in [0.717, 1.165) is 69.5 Å². The number of halogens is 1. The fourth-order valence-electron chi connectivity index (χ4n) is 13.4. The highest BCUT2D eigenvalue weighted by Gasteiger charge is 2.63. The maximum atomic E-state index is 14.5. The van der Waals surface area contributed by atoms with Crippen LogP contribution >= 0.6 is 11.6 Å². The van der Waals surface area contributed by atoms with Gasteiger partial charge in [-0.2, -0.15) is 30.4 Å². The Morgan fingerprint density at radius 2 is 1.02 bits per heavy atom. The summed E-state index contributed by atoms with van der Waals surface area (Å²) in [5.74, 6) is -4.99. The largest absolute Gasteiger partial charge is 0.459 e. The van der Waals surface area contributed by atoms with Gasteiger partial charge < -0.3 is 59.9 Å². The Balaban J connectivity index is 0.000000241. The predicted molar refractivity (Wildman–Crippen MR) is 434 cm³/mol. The zero-order chi connectivity index (χ0) is 83.4. The summed E-state index contributed by atoms with van der Waals surface area (Å²) in [5.41, 5.74) is -1.23. The van der Waals surface area contributed by atoms with Gasteiger partial charge >= 0.3 is 32.6 Å². The summed E-state index contributed by atoms with van der Waals surface area (Å²) in [5, 5.41) is 21.8. The van der Waals surface area contributed by atoms with Crippen LogP contribution in [0.15, 0.2) is 72.8 Å². The standard InChI is InChI=1S/C38H59N7O9SSi.C25H41N5O8S.C13H19ClN2OSi/c1-37(2,3)54-36(49)40-29-18-13-11-9-10-12-16-26-23-38(26,34(48)42-55(50,51)43(4)5)41-32(46)31-22-27(24-44(31)33(29)47)53-35-39-28-17-14-15-19-30(28)45(35)25-52-20-21-56(6,7)8;1-24(2,3)38-23(35)26-18-12-10-8-6-7-9-11-16-14-25(16,22(34)28-39(36,37)29(4)5)27-20(32)19-13-17(31)15-30(19)21(18)33;1-18(2,3)9-8-17-10-16-12-7-5-4-6-11(12)15-13(16)14/h12,14-17,19,26-27,29,31H,9-11,13,18,20-25H2,1-8H3,(H,40,49)(H,41,46)(H,42,48);9,11,16-19,31H,6-8,10,12-15H2,1-5H3,(H,26,35)(H,27,32)(H,28,34);4-7H,8-10H2,1-3H3/b16-12-;11-9-;/t26-,27-,29+,31+,38-;16-,17-,18+,19+,25-;/m11./s1. The van der Waals surface area contributed by atoms with E-state index in [0.29, 0.717) is 62.7 Å². The number of para-hydroxylation sites is 4. The van der Waals surface area contributed by atoms with Gasteiger partial charge in [0.2, 0.25) is 28.9 Å². The topological polar surface area (TPSA) is 392 Å². The summed E-state index contributed by atoms with van der Waals surface area (Å²) in [7, 11) is -5.51. The van der Waals surface area contributed by atoms with Crippen LogP contribution in [0.2, 0.25) is 56.7 Å². The molecule has 0 unspecified atom stereocenters. The average Bonchev–Trinajstić information content (AvgIpc) is 1.58.